The van der Waals surface area contributed by atoms with E-state index in [1.54, 1.807) is 17.2 Å². The quantitative estimate of drug-likeness (QED) is 0.594. The van der Waals surface area contributed by atoms with E-state index in [1.807, 2.05) is 13.8 Å². The van der Waals surface area contributed by atoms with Crippen molar-refractivity contribution in [2.75, 3.05) is 0 Å². The number of hydrogen-bond acceptors (Lipinski definition) is 2. The minimum atomic E-state index is -0.376. The lowest BCUT2D eigenvalue weighted by molar-refractivity contribution is -0.139. The summed E-state index contributed by atoms with van der Waals surface area (Å²) in [5.41, 5.74) is 0.887. The molecule has 1 heterocycles. The van der Waals surface area contributed by atoms with E-state index < -0.39 is 0 Å². The van der Waals surface area contributed by atoms with Gasteiger partial charge in [-0.15, -0.1) is 5.06 Å². The van der Waals surface area contributed by atoms with Gasteiger partial charge in [0, 0.05) is 0 Å². The second-order valence-corrected chi connectivity index (χ2v) is 6.67. The van der Waals surface area contributed by atoms with Crippen LogP contribution in [-0.2, 0) is 4.84 Å². The number of alkyl halides is 1. The van der Waals surface area contributed by atoms with E-state index in [9.17, 15) is 4.39 Å². The zero-order chi connectivity index (χ0) is 12.6. The maximum absolute atomic E-state index is 12.9. The summed E-state index contributed by atoms with van der Waals surface area (Å²) >= 11 is 9.65. The molecule has 0 radical (unpaired) electrons. The molecule has 0 aromatic heterocycles. The van der Waals surface area contributed by atoms with Crippen LogP contribution in [0.1, 0.15) is 25.5 Å². The van der Waals surface area contributed by atoms with Crippen LogP contribution in [0.25, 0.3) is 0 Å². The minimum absolute atomic E-state index is 0.216. The van der Waals surface area contributed by atoms with Crippen LogP contribution in [0.15, 0.2) is 35.6 Å². The maximum Gasteiger partial charge on any atom is 0.128 e. The van der Waals surface area contributed by atoms with Gasteiger partial charge in [0.1, 0.15) is 22.6 Å². The number of nitrogens with zero attached hydrogens (tertiary/aromatic N) is 1. The van der Waals surface area contributed by atoms with E-state index >= 15 is 0 Å². The lowest BCUT2D eigenvalue weighted by Crippen LogP contribution is -2.37. The molecule has 1 aromatic rings. The molecule has 0 aliphatic carbocycles. The highest BCUT2D eigenvalue weighted by atomic mass is 79.9. The van der Waals surface area contributed by atoms with Crippen LogP contribution in [-0.4, -0.2) is 9.51 Å². The summed E-state index contributed by atoms with van der Waals surface area (Å²) in [6.07, 6.45) is 1.50. The fraction of sp³-hybridized carbons (Fsp3) is 0.333. The molecule has 0 spiro atoms. The van der Waals surface area contributed by atoms with Gasteiger partial charge in [-0.2, -0.15) is 0 Å². The average molecular weight is 321 g/mol. The van der Waals surface area contributed by atoms with Gasteiger partial charge in [-0.1, -0.05) is 39.7 Å². The molecule has 17 heavy (non-hydrogen) atoms. The average Bonchev–Trinajstić information content (AvgIpc) is 2.61. The van der Waals surface area contributed by atoms with Crippen molar-refractivity contribution in [1.82, 2.24) is 5.06 Å². The highest BCUT2D eigenvalue weighted by Crippen LogP contribution is 2.42. The van der Waals surface area contributed by atoms with E-state index in [1.165, 1.54) is 18.4 Å². The normalized spacial score (nSPS) is 21.2. The molecule has 1 unspecified atom stereocenters. The van der Waals surface area contributed by atoms with Gasteiger partial charge in [0.15, 0.2) is 0 Å². The van der Waals surface area contributed by atoms with E-state index in [2.05, 4.69) is 15.9 Å². The fourth-order valence-corrected chi connectivity index (χ4v) is 2.26. The van der Waals surface area contributed by atoms with Gasteiger partial charge in [0.25, 0.3) is 0 Å². The highest BCUT2D eigenvalue weighted by molar-refractivity contribution is 9.10. The Morgan fingerprint density at radius 3 is 2.47 bits per heavy atom. The van der Waals surface area contributed by atoms with Crippen LogP contribution in [0.5, 0.6) is 0 Å². The molecule has 0 saturated heterocycles. The molecule has 2 nitrogen and oxygen atoms in total. The molecule has 0 amide bonds. The van der Waals surface area contributed by atoms with Crippen molar-refractivity contribution >= 4 is 27.5 Å². The fourth-order valence-electron chi connectivity index (χ4n) is 1.72. The van der Waals surface area contributed by atoms with E-state index in [4.69, 9.17) is 16.4 Å². The van der Waals surface area contributed by atoms with Crippen LogP contribution in [0.2, 0.25) is 0 Å². The predicted octanol–water partition coefficient (Wildman–Crippen LogP) is 4.33. The molecule has 1 aliphatic heterocycles. The third kappa shape index (κ3) is 2.64. The summed E-state index contributed by atoms with van der Waals surface area (Å²) in [5, 5.41) is 2.30. The Balaban J connectivity index is 2.34. The van der Waals surface area contributed by atoms with Crippen molar-refractivity contribution in [3.8, 4) is 0 Å². The Hall–Kier alpha value is -0.580. The molecule has 0 saturated carbocycles. The number of benzene rings is 1. The monoisotopic (exact) mass is 319 g/mol. The summed E-state index contributed by atoms with van der Waals surface area (Å²) in [6.45, 7) is 3.90. The Bertz CT molecular complexity index is 441. The van der Waals surface area contributed by atoms with Crippen LogP contribution in [0, 0.1) is 5.82 Å². The lowest BCUT2D eigenvalue weighted by atomic mass is 10.1. The molecule has 2 rings (SSSR count). The summed E-state index contributed by atoms with van der Waals surface area (Å²) in [7, 11) is 0. The summed E-state index contributed by atoms with van der Waals surface area (Å²) in [6, 6.07) is 6.02. The van der Waals surface area contributed by atoms with E-state index in [0.717, 1.165) is 5.56 Å². The van der Waals surface area contributed by atoms with Crippen molar-refractivity contribution in [3.05, 3.63) is 46.9 Å². The summed E-state index contributed by atoms with van der Waals surface area (Å²) in [4.78, 5) is 5.43. The van der Waals surface area contributed by atoms with Crippen molar-refractivity contribution in [2.45, 2.75) is 24.3 Å². The molecule has 1 atom stereocenters. The maximum atomic E-state index is 12.9. The Morgan fingerprint density at radius 2 is 1.94 bits per heavy atom. The third-order valence-electron chi connectivity index (χ3n) is 2.48. The Kier molecular flexibility index (Phi) is 3.48. The number of hydroxylamine groups is 2. The topological polar surface area (TPSA) is 12.5 Å². The van der Waals surface area contributed by atoms with Crippen molar-refractivity contribution in [2.24, 2.45) is 0 Å². The lowest BCUT2D eigenvalue weighted by Gasteiger charge is -2.33. The van der Waals surface area contributed by atoms with Crippen LogP contribution >= 0.6 is 27.5 Å². The molecule has 1 aromatic carbocycles. The third-order valence-corrected chi connectivity index (χ3v) is 3.13. The molecular weight excluding hydrogens is 308 g/mol. The zero-order valence-electron chi connectivity index (χ0n) is 9.45. The predicted molar refractivity (Wildman–Crippen MR) is 69.0 cm³/mol. The van der Waals surface area contributed by atoms with Crippen molar-refractivity contribution in [3.63, 3.8) is 0 Å². The standard InChI is InChI=1S/C12H12BrClFNO/c1-12(2,13)16-11(10(14)7-17-16)8-3-5-9(15)6-4-8/h3-7,11H,1-2H3. The van der Waals surface area contributed by atoms with Gasteiger partial charge in [-0.3, -0.25) is 0 Å². The van der Waals surface area contributed by atoms with Gasteiger partial charge in [0.2, 0.25) is 0 Å². The second kappa shape index (κ2) is 4.59. The Morgan fingerprint density at radius 1 is 1.35 bits per heavy atom. The van der Waals surface area contributed by atoms with Crippen LogP contribution < -0.4 is 0 Å². The SMILES string of the molecule is CC(C)(Br)N1OC=C(Cl)C1c1ccc(F)cc1. The molecule has 92 valence electrons. The van der Waals surface area contributed by atoms with E-state index in [-0.39, 0.29) is 16.3 Å². The summed E-state index contributed by atoms with van der Waals surface area (Å²) < 4.78 is 12.5. The van der Waals surface area contributed by atoms with Crippen LogP contribution in [0.4, 0.5) is 4.39 Å². The van der Waals surface area contributed by atoms with Crippen molar-refractivity contribution < 1.29 is 9.23 Å². The Labute approximate surface area is 113 Å². The largest absolute Gasteiger partial charge is 0.410 e. The highest BCUT2D eigenvalue weighted by Gasteiger charge is 2.39. The van der Waals surface area contributed by atoms with Gasteiger partial charge in [-0.25, -0.2) is 4.39 Å². The van der Waals surface area contributed by atoms with Gasteiger partial charge in [0.05, 0.1) is 5.03 Å². The molecule has 0 bridgehead atoms. The minimum Gasteiger partial charge on any atom is -0.410 e. The molecular formula is C12H12BrClFNO. The molecule has 1 aliphatic rings. The second-order valence-electron chi connectivity index (χ2n) is 4.30. The van der Waals surface area contributed by atoms with Crippen LogP contribution in [0.3, 0.4) is 0 Å². The first-order chi connectivity index (χ1) is 7.89. The summed E-state index contributed by atoms with van der Waals surface area (Å²) in [5.74, 6) is -0.266. The van der Waals surface area contributed by atoms with Gasteiger partial charge < -0.3 is 4.84 Å². The smallest absolute Gasteiger partial charge is 0.128 e. The van der Waals surface area contributed by atoms with Gasteiger partial charge in [-0.05, 0) is 31.5 Å². The molecule has 0 N–H and O–H groups in total. The number of rotatable bonds is 2. The number of hydrogen-bond donors (Lipinski definition) is 0. The first-order valence-corrected chi connectivity index (χ1v) is 6.33. The first-order valence-electron chi connectivity index (χ1n) is 5.15. The number of halogens is 3. The first kappa shape index (κ1) is 12.9. The molecule has 0 fully saturated rings. The van der Waals surface area contributed by atoms with Gasteiger partial charge >= 0.3 is 0 Å². The van der Waals surface area contributed by atoms with E-state index in [0.29, 0.717) is 5.03 Å². The zero-order valence-corrected chi connectivity index (χ0v) is 11.8. The molecule has 5 heteroatoms. The van der Waals surface area contributed by atoms with Crippen molar-refractivity contribution in [1.29, 1.82) is 0 Å².